The highest BCUT2D eigenvalue weighted by Gasteiger charge is 2.07. The number of anilines is 5. The molecule has 0 aliphatic carbocycles. The molecule has 0 bridgehead atoms. The lowest BCUT2D eigenvalue weighted by Crippen LogP contribution is -2.07. The molecule has 1 heterocycles. The SMILES string of the molecule is CC(C)COc1ccc(/C=N\Nc2nc(Nc3ccccc3)nc(Nc3ccccc3)n2)cc1. The molecule has 0 saturated carbocycles. The van der Waals surface area contributed by atoms with Crippen LogP contribution in [0.25, 0.3) is 0 Å². The van der Waals surface area contributed by atoms with Crippen molar-refractivity contribution in [3.05, 3.63) is 90.5 Å². The third-order valence-electron chi connectivity index (χ3n) is 4.54. The minimum atomic E-state index is 0.306. The number of rotatable bonds is 10. The monoisotopic (exact) mass is 453 g/mol. The van der Waals surface area contributed by atoms with E-state index in [4.69, 9.17) is 4.74 Å². The highest BCUT2D eigenvalue weighted by molar-refractivity contribution is 5.80. The second kappa shape index (κ2) is 11.4. The number of para-hydroxylation sites is 2. The van der Waals surface area contributed by atoms with Crippen LogP contribution in [-0.2, 0) is 0 Å². The van der Waals surface area contributed by atoms with Gasteiger partial charge in [0.15, 0.2) is 0 Å². The second-order valence-corrected chi connectivity index (χ2v) is 7.93. The summed E-state index contributed by atoms with van der Waals surface area (Å²) in [4.78, 5) is 13.4. The van der Waals surface area contributed by atoms with Crippen molar-refractivity contribution in [3.8, 4) is 5.75 Å². The standard InChI is InChI=1S/C26H27N7O/c1-19(2)18-34-23-15-13-20(14-16-23)17-27-33-26-31-24(28-21-9-5-3-6-10-21)30-25(32-26)29-22-11-7-4-8-12-22/h3-17,19H,18H2,1-2H3,(H3,28,29,30,31,32,33)/b27-17-. The first-order chi connectivity index (χ1) is 16.6. The minimum Gasteiger partial charge on any atom is -0.493 e. The fraction of sp³-hybridized carbons (Fsp3) is 0.154. The first-order valence-electron chi connectivity index (χ1n) is 11.1. The zero-order chi connectivity index (χ0) is 23.6. The van der Waals surface area contributed by atoms with E-state index in [1.165, 1.54) is 0 Å². The van der Waals surface area contributed by atoms with Crippen LogP contribution in [0.4, 0.5) is 29.2 Å². The Hall–Kier alpha value is -4.46. The molecule has 0 fully saturated rings. The Morgan fingerprint density at radius 2 is 1.26 bits per heavy atom. The van der Waals surface area contributed by atoms with Crippen LogP contribution >= 0.6 is 0 Å². The van der Waals surface area contributed by atoms with Gasteiger partial charge in [-0.05, 0) is 60.0 Å². The predicted molar refractivity (Wildman–Crippen MR) is 137 cm³/mol. The number of hydrogen-bond acceptors (Lipinski definition) is 8. The third kappa shape index (κ3) is 7.03. The Bertz CT molecular complexity index is 1140. The zero-order valence-electron chi connectivity index (χ0n) is 19.1. The Labute approximate surface area is 199 Å². The van der Waals surface area contributed by atoms with E-state index in [-0.39, 0.29) is 0 Å². The first-order valence-corrected chi connectivity index (χ1v) is 11.1. The molecule has 0 radical (unpaired) electrons. The molecule has 8 heteroatoms. The number of aromatic nitrogens is 3. The van der Waals surface area contributed by atoms with Crippen molar-refractivity contribution < 1.29 is 4.74 Å². The average Bonchev–Trinajstić information content (AvgIpc) is 2.85. The lowest BCUT2D eigenvalue weighted by molar-refractivity contribution is 0.271. The summed E-state index contributed by atoms with van der Waals surface area (Å²) in [6.45, 7) is 4.93. The van der Waals surface area contributed by atoms with Gasteiger partial charge in [0.25, 0.3) is 0 Å². The molecule has 0 aliphatic rings. The van der Waals surface area contributed by atoms with Gasteiger partial charge in [-0.2, -0.15) is 20.1 Å². The maximum atomic E-state index is 5.72. The summed E-state index contributed by atoms with van der Waals surface area (Å²) in [7, 11) is 0. The highest BCUT2D eigenvalue weighted by Crippen LogP contribution is 2.18. The molecule has 4 rings (SSSR count). The molecule has 172 valence electrons. The van der Waals surface area contributed by atoms with E-state index in [1.54, 1.807) is 6.21 Å². The molecule has 3 N–H and O–H groups in total. The summed E-state index contributed by atoms with van der Waals surface area (Å²) in [5, 5.41) is 10.7. The predicted octanol–water partition coefficient (Wildman–Crippen LogP) is 5.84. The summed E-state index contributed by atoms with van der Waals surface area (Å²) in [5.41, 5.74) is 5.55. The summed E-state index contributed by atoms with van der Waals surface area (Å²) in [6.07, 6.45) is 1.70. The Morgan fingerprint density at radius 1 is 0.735 bits per heavy atom. The molecule has 0 amide bonds. The van der Waals surface area contributed by atoms with Gasteiger partial charge >= 0.3 is 0 Å². The summed E-state index contributed by atoms with van der Waals surface area (Å²) in [6, 6.07) is 27.2. The van der Waals surface area contributed by atoms with Crippen LogP contribution in [0, 0.1) is 5.92 Å². The van der Waals surface area contributed by atoms with Crippen molar-refractivity contribution in [2.75, 3.05) is 22.7 Å². The fourth-order valence-corrected chi connectivity index (χ4v) is 2.92. The van der Waals surface area contributed by atoms with Gasteiger partial charge < -0.3 is 15.4 Å². The Morgan fingerprint density at radius 3 is 1.79 bits per heavy atom. The minimum absolute atomic E-state index is 0.306. The molecule has 8 nitrogen and oxygen atoms in total. The quantitative estimate of drug-likeness (QED) is 0.205. The summed E-state index contributed by atoms with van der Waals surface area (Å²) < 4.78 is 5.72. The molecule has 0 spiro atoms. The molecule has 0 atom stereocenters. The van der Waals surface area contributed by atoms with Crippen LogP contribution in [-0.4, -0.2) is 27.8 Å². The number of benzene rings is 3. The molecular weight excluding hydrogens is 426 g/mol. The van der Waals surface area contributed by atoms with Gasteiger partial charge in [0.1, 0.15) is 5.75 Å². The number of ether oxygens (including phenoxy) is 1. The Balaban J connectivity index is 1.48. The second-order valence-electron chi connectivity index (χ2n) is 7.93. The van der Waals surface area contributed by atoms with Gasteiger partial charge in [0.2, 0.25) is 17.8 Å². The Kier molecular flexibility index (Phi) is 7.63. The number of nitrogens with one attached hydrogen (secondary N) is 3. The summed E-state index contributed by atoms with van der Waals surface area (Å²) >= 11 is 0. The van der Waals surface area contributed by atoms with E-state index in [9.17, 15) is 0 Å². The average molecular weight is 454 g/mol. The highest BCUT2D eigenvalue weighted by atomic mass is 16.5. The van der Waals surface area contributed by atoms with E-state index in [0.717, 1.165) is 22.7 Å². The van der Waals surface area contributed by atoms with Crippen LogP contribution in [0.15, 0.2) is 90.0 Å². The fourth-order valence-electron chi connectivity index (χ4n) is 2.92. The molecule has 0 saturated heterocycles. The van der Waals surface area contributed by atoms with Crippen molar-refractivity contribution in [2.45, 2.75) is 13.8 Å². The summed E-state index contributed by atoms with van der Waals surface area (Å²) in [5.74, 6) is 2.41. The maximum Gasteiger partial charge on any atom is 0.250 e. The van der Waals surface area contributed by atoms with E-state index < -0.39 is 0 Å². The third-order valence-corrected chi connectivity index (χ3v) is 4.54. The van der Waals surface area contributed by atoms with Gasteiger partial charge in [-0.25, -0.2) is 5.43 Å². The van der Waals surface area contributed by atoms with E-state index in [0.29, 0.717) is 30.4 Å². The van der Waals surface area contributed by atoms with Crippen LogP contribution in [0.1, 0.15) is 19.4 Å². The molecule has 0 unspecified atom stereocenters. The van der Waals surface area contributed by atoms with Gasteiger partial charge in [0, 0.05) is 11.4 Å². The van der Waals surface area contributed by atoms with E-state index >= 15 is 0 Å². The molecular formula is C26H27N7O. The molecule has 4 aromatic rings. The lowest BCUT2D eigenvalue weighted by Gasteiger charge is -2.10. The van der Waals surface area contributed by atoms with Crippen molar-refractivity contribution in [3.63, 3.8) is 0 Å². The van der Waals surface area contributed by atoms with E-state index in [2.05, 4.69) is 50.0 Å². The van der Waals surface area contributed by atoms with Crippen molar-refractivity contribution in [1.29, 1.82) is 0 Å². The lowest BCUT2D eigenvalue weighted by atomic mass is 10.2. The number of nitrogens with zero attached hydrogens (tertiary/aromatic N) is 4. The van der Waals surface area contributed by atoms with E-state index in [1.807, 2.05) is 84.9 Å². The van der Waals surface area contributed by atoms with Crippen molar-refractivity contribution >= 4 is 35.4 Å². The molecule has 3 aromatic carbocycles. The molecule has 1 aromatic heterocycles. The first kappa shape index (κ1) is 22.7. The molecule has 0 aliphatic heterocycles. The topological polar surface area (TPSA) is 96.4 Å². The molecule has 34 heavy (non-hydrogen) atoms. The zero-order valence-corrected chi connectivity index (χ0v) is 19.1. The maximum absolute atomic E-state index is 5.72. The van der Waals surface area contributed by atoms with Gasteiger partial charge in [-0.1, -0.05) is 50.2 Å². The van der Waals surface area contributed by atoms with Crippen molar-refractivity contribution in [1.82, 2.24) is 15.0 Å². The number of hydrazone groups is 1. The van der Waals surface area contributed by atoms with Crippen molar-refractivity contribution in [2.24, 2.45) is 11.0 Å². The normalized spacial score (nSPS) is 10.9. The van der Waals surface area contributed by atoms with Crippen LogP contribution in [0.2, 0.25) is 0 Å². The van der Waals surface area contributed by atoms with Gasteiger partial charge in [-0.15, -0.1) is 0 Å². The van der Waals surface area contributed by atoms with Crippen LogP contribution in [0.5, 0.6) is 5.75 Å². The smallest absolute Gasteiger partial charge is 0.250 e. The van der Waals surface area contributed by atoms with Crippen LogP contribution in [0.3, 0.4) is 0 Å². The van der Waals surface area contributed by atoms with Gasteiger partial charge in [-0.3, -0.25) is 0 Å². The number of hydrogen-bond donors (Lipinski definition) is 3. The largest absolute Gasteiger partial charge is 0.493 e. The van der Waals surface area contributed by atoms with Crippen LogP contribution < -0.4 is 20.8 Å². The van der Waals surface area contributed by atoms with Gasteiger partial charge in [0.05, 0.1) is 12.8 Å².